The summed E-state index contributed by atoms with van der Waals surface area (Å²) < 4.78 is 30.8. The van der Waals surface area contributed by atoms with E-state index in [-0.39, 0.29) is 20.3 Å². The maximum atomic E-state index is 10.2. The number of unbranched alkanes of at least 4 members (excludes halogenated alkanes) is 5. The van der Waals surface area contributed by atoms with Gasteiger partial charge in [-0.3, -0.25) is 4.55 Å². The Morgan fingerprint density at radius 3 is 2.14 bits per heavy atom. The number of hydrogen-bond acceptors (Lipinski definition) is 2. The maximum Gasteiger partial charge on any atom is 1.00 e. The zero-order valence-electron chi connectivity index (χ0n) is 10.1. The molecule has 6 heteroatoms. The zero-order chi connectivity index (χ0) is 10.2. The van der Waals surface area contributed by atoms with Gasteiger partial charge in [0.15, 0.2) is 0 Å². The second kappa shape index (κ2) is 10.0. The van der Waals surface area contributed by atoms with Crippen LogP contribution in [0.3, 0.4) is 0 Å². The summed E-state index contributed by atoms with van der Waals surface area (Å²) in [7, 11) is -3.97. The first-order valence-electron chi connectivity index (χ1n) is 4.78. The molecule has 0 heterocycles. The third kappa shape index (κ3) is 15.0. The maximum absolute atomic E-state index is 10.2. The summed E-state index contributed by atoms with van der Waals surface area (Å²) in [5, 5.41) is 0. The smallest absolute Gasteiger partial charge is 1.00 e. The molecule has 14 heavy (non-hydrogen) atoms. The van der Waals surface area contributed by atoms with E-state index in [9.17, 15) is 8.42 Å². The van der Waals surface area contributed by atoms with Gasteiger partial charge in [-0.2, -0.15) is 13.1 Å². The molecule has 0 aromatic carbocycles. The van der Waals surface area contributed by atoms with Gasteiger partial charge in [0, 0.05) is 6.54 Å². The molecule has 0 fully saturated rings. The van der Waals surface area contributed by atoms with Crippen LogP contribution in [0.25, 0.3) is 0 Å². The van der Waals surface area contributed by atoms with Crippen LogP contribution in [-0.4, -0.2) is 19.5 Å². The van der Waals surface area contributed by atoms with E-state index in [4.69, 9.17) is 4.55 Å². The summed E-state index contributed by atoms with van der Waals surface area (Å²) in [6.45, 7) is 2.49. The van der Waals surface area contributed by atoms with E-state index in [2.05, 4.69) is 6.92 Å². The third-order valence-corrected chi connectivity index (χ3v) is 2.38. The minimum Gasteiger partial charge on any atom is -1.00 e. The van der Waals surface area contributed by atoms with E-state index in [0.29, 0.717) is 6.54 Å². The minimum absolute atomic E-state index is 0. The molecule has 0 aromatic heterocycles. The topological polar surface area (TPSA) is 66.4 Å². The van der Waals surface area contributed by atoms with Gasteiger partial charge in [-0.05, 0) is 6.42 Å². The molecule has 0 saturated heterocycles. The Kier molecular flexibility index (Phi) is 12.1. The average molecular weight is 217 g/mol. The molecule has 0 rings (SSSR count). The predicted octanol–water partition coefficient (Wildman–Crippen LogP) is -1.14. The second-order valence-corrected chi connectivity index (χ2v) is 4.38. The molecule has 2 N–H and O–H groups in total. The van der Waals surface area contributed by atoms with Gasteiger partial charge in [0.1, 0.15) is 0 Å². The monoisotopic (exact) mass is 217 g/mol. The van der Waals surface area contributed by atoms with Crippen molar-refractivity contribution in [3.8, 4) is 0 Å². The van der Waals surface area contributed by atoms with Crippen LogP contribution < -0.4 is 23.6 Å². The number of hydrogen-bond donors (Lipinski definition) is 2. The molecule has 0 bridgehead atoms. The molecule has 0 aromatic rings. The van der Waals surface area contributed by atoms with Crippen molar-refractivity contribution < 1.29 is 33.3 Å². The van der Waals surface area contributed by atoms with Crippen molar-refractivity contribution >= 4 is 10.3 Å². The zero-order valence-corrected chi connectivity index (χ0v) is 9.94. The number of rotatable bonds is 8. The first kappa shape index (κ1) is 16.9. The molecule has 0 amide bonds. The van der Waals surface area contributed by atoms with Crippen LogP contribution >= 0.6 is 0 Å². The quantitative estimate of drug-likeness (QED) is 0.307. The van der Waals surface area contributed by atoms with Gasteiger partial charge >= 0.3 is 29.2 Å². The van der Waals surface area contributed by atoms with Crippen LogP contribution in [0.2, 0.25) is 0 Å². The molecule has 0 spiro atoms. The van der Waals surface area contributed by atoms with E-state index in [1.54, 1.807) is 0 Å². The van der Waals surface area contributed by atoms with E-state index in [1.165, 1.54) is 19.3 Å². The number of nitrogens with one attached hydrogen (secondary N) is 1. The Balaban J connectivity index is -0.000000720. The van der Waals surface area contributed by atoms with Crippen LogP contribution in [0.4, 0.5) is 0 Å². The van der Waals surface area contributed by atoms with Gasteiger partial charge in [-0.25, -0.2) is 0 Å². The van der Waals surface area contributed by atoms with E-state index >= 15 is 0 Å². The largest absolute Gasteiger partial charge is 1.00 e. The molecule has 0 aliphatic heterocycles. The molecule has 0 saturated carbocycles. The molecule has 82 valence electrons. The Morgan fingerprint density at radius 1 is 1.14 bits per heavy atom. The van der Waals surface area contributed by atoms with Crippen molar-refractivity contribution in [1.29, 1.82) is 0 Å². The van der Waals surface area contributed by atoms with Crippen molar-refractivity contribution in [2.75, 3.05) is 6.54 Å². The first-order chi connectivity index (χ1) is 6.06. The Bertz CT molecular complexity index is 212. The van der Waals surface area contributed by atoms with Crippen LogP contribution in [0, 0.1) is 0 Å². The second-order valence-electron chi connectivity index (χ2n) is 3.14. The van der Waals surface area contributed by atoms with Gasteiger partial charge < -0.3 is 1.43 Å². The van der Waals surface area contributed by atoms with Gasteiger partial charge in [-0.1, -0.05) is 39.0 Å². The van der Waals surface area contributed by atoms with Crippen molar-refractivity contribution in [2.24, 2.45) is 0 Å². The third-order valence-electron chi connectivity index (χ3n) is 1.81. The summed E-state index contributed by atoms with van der Waals surface area (Å²) >= 11 is 0. The fourth-order valence-electron chi connectivity index (χ4n) is 1.11. The predicted molar refractivity (Wildman–Crippen MR) is 54.0 cm³/mol. The van der Waals surface area contributed by atoms with Crippen molar-refractivity contribution in [3.05, 3.63) is 0 Å². The van der Waals surface area contributed by atoms with E-state index in [1.807, 2.05) is 4.72 Å². The van der Waals surface area contributed by atoms with Gasteiger partial charge in [0.05, 0.1) is 0 Å². The molecule has 0 radical (unpaired) electrons. The van der Waals surface area contributed by atoms with Crippen LogP contribution in [0.5, 0.6) is 0 Å². The molecule has 4 nitrogen and oxygen atoms in total. The molecule has 0 aliphatic carbocycles. The van der Waals surface area contributed by atoms with Crippen LogP contribution in [-0.2, 0) is 10.3 Å². The summed E-state index contributed by atoms with van der Waals surface area (Å²) in [5.41, 5.74) is 0. The fraction of sp³-hybridized carbons (Fsp3) is 1.00. The van der Waals surface area contributed by atoms with E-state index in [0.717, 1.165) is 19.3 Å². The summed E-state index contributed by atoms with van der Waals surface area (Å²) in [4.78, 5) is 0. The first-order valence-corrected chi connectivity index (χ1v) is 6.22. The van der Waals surface area contributed by atoms with Crippen LogP contribution in [0.1, 0.15) is 46.9 Å². The average Bonchev–Trinajstić information content (AvgIpc) is 2.01. The van der Waals surface area contributed by atoms with Crippen molar-refractivity contribution in [3.63, 3.8) is 0 Å². The Hall–Kier alpha value is 0.467. The van der Waals surface area contributed by atoms with E-state index < -0.39 is 10.3 Å². The molecule has 0 unspecified atom stereocenters. The summed E-state index contributed by atoms with van der Waals surface area (Å²) in [6, 6.07) is 0. The van der Waals surface area contributed by atoms with Crippen LogP contribution in [0.15, 0.2) is 0 Å². The van der Waals surface area contributed by atoms with Gasteiger partial charge in [-0.15, -0.1) is 0 Å². The Morgan fingerprint density at radius 2 is 1.64 bits per heavy atom. The minimum atomic E-state index is -3.97. The molecular weight excluding hydrogens is 197 g/mol. The normalized spacial score (nSPS) is 11.0. The molecule has 0 aliphatic rings. The van der Waals surface area contributed by atoms with Crippen molar-refractivity contribution in [2.45, 2.75) is 45.4 Å². The Labute approximate surface area is 100 Å². The molecular formula is C8H20LiNO3S. The summed E-state index contributed by atoms with van der Waals surface area (Å²) in [6.07, 6.45) is 6.62. The fourth-order valence-corrected chi connectivity index (χ4v) is 1.51. The SMILES string of the molecule is CCCCCCCCNS(=O)(=O)O.[H-].[Li+]. The standard InChI is InChI=1S/C8H19NO3S.Li.H/c1-2-3-4-5-6-7-8-9-13(10,11)12;;/h9H,2-8H2,1H3,(H,10,11,12);;/q;+1;-1. The van der Waals surface area contributed by atoms with Crippen molar-refractivity contribution in [1.82, 2.24) is 4.72 Å². The van der Waals surface area contributed by atoms with Gasteiger partial charge in [0.25, 0.3) is 0 Å². The summed E-state index contributed by atoms with van der Waals surface area (Å²) in [5.74, 6) is 0. The van der Waals surface area contributed by atoms with Gasteiger partial charge in [0.2, 0.25) is 0 Å². The molecule has 0 atom stereocenters.